The summed E-state index contributed by atoms with van der Waals surface area (Å²) in [7, 11) is 4.28. The fourth-order valence-electron chi connectivity index (χ4n) is 4.13. The lowest BCUT2D eigenvalue weighted by Gasteiger charge is -2.21. The van der Waals surface area contributed by atoms with Crippen molar-refractivity contribution in [1.29, 1.82) is 0 Å². The van der Waals surface area contributed by atoms with Crippen molar-refractivity contribution in [3.05, 3.63) is 72.8 Å². The average Bonchev–Trinajstić information content (AvgIpc) is 3.32. The quantitative estimate of drug-likeness (QED) is 0.644. The van der Waals surface area contributed by atoms with Gasteiger partial charge in [-0.3, -0.25) is 4.90 Å². The van der Waals surface area contributed by atoms with E-state index in [1.165, 1.54) is 17.1 Å². The summed E-state index contributed by atoms with van der Waals surface area (Å²) >= 11 is 0. The molecule has 5 rings (SSSR count). The molecule has 29 heavy (non-hydrogen) atoms. The molecule has 3 aromatic rings. The summed E-state index contributed by atoms with van der Waals surface area (Å²) in [6, 6.07) is 25.2. The highest BCUT2D eigenvalue weighted by molar-refractivity contribution is 5.82. The normalized spacial score (nSPS) is 16.4. The van der Waals surface area contributed by atoms with Crippen LogP contribution in [0.25, 0.3) is 0 Å². The Balaban J connectivity index is 1.38. The van der Waals surface area contributed by atoms with E-state index >= 15 is 0 Å². The van der Waals surface area contributed by atoms with Crippen LogP contribution in [0.1, 0.15) is 0 Å². The van der Waals surface area contributed by atoms with E-state index in [1.807, 2.05) is 12.1 Å². The van der Waals surface area contributed by atoms with Crippen LogP contribution < -0.4 is 19.4 Å². The van der Waals surface area contributed by atoms with Crippen molar-refractivity contribution in [2.45, 2.75) is 0 Å². The predicted molar refractivity (Wildman–Crippen MR) is 120 cm³/mol. The zero-order valence-electron chi connectivity index (χ0n) is 17.0. The van der Waals surface area contributed by atoms with Crippen LogP contribution in [0.5, 0.6) is 11.5 Å². The van der Waals surface area contributed by atoms with Gasteiger partial charge < -0.3 is 19.4 Å². The van der Waals surface area contributed by atoms with Crippen molar-refractivity contribution in [3.63, 3.8) is 0 Å². The van der Waals surface area contributed by atoms with Crippen LogP contribution in [0.15, 0.2) is 72.8 Å². The highest BCUT2D eigenvalue weighted by Crippen LogP contribution is 2.40. The number of hydrogen-bond acceptors (Lipinski definition) is 5. The van der Waals surface area contributed by atoms with Gasteiger partial charge in [0.05, 0.1) is 24.7 Å². The van der Waals surface area contributed by atoms with Crippen molar-refractivity contribution in [2.75, 3.05) is 55.2 Å². The van der Waals surface area contributed by atoms with Crippen LogP contribution in [-0.2, 0) is 0 Å². The highest BCUT2D eigenvalue weighted by Gasteiger charge is 2.24. The molecule has 2 aliphatic heterocycles. The minimum atomic E-state index is 0.834. The van der Waals surface area contributed by atoms with Gasteiger partial charge in [0.1, 0.15) is 11.5 Å². The molecule has 0 unspecified atom stereocenters. The number of nitrogens with zero attached hydrogens (tertiary/aromatic N) is 4. The van der Waals surface area contributed by atoms with Crippen LogP contribution in [0.3, 0.4) is 0 Å². The first-order valence-electron chi connectivity index (χ1n) is 10.1. The molecule has 5 nitrogen and oxygen atoms in total. The maximum absolute atomic E-state index is 6.24. The lowest BCUT2D eigenvalue weighted by Crippen LogP contribution is -2.23. The molecular weight excluding hydrogens is 360 g/mol. The first-order valence-corrected chi connectivity index (χ1v) is 10.1. The second-order valence-electron chi connectivity index (χ2n) is 7.84. The largest absolute Gasteiger partial charge is 0.457 e. The lowest BCUT2D eigenvalue weighted by molar-refractivity contribution is 0.421. The fourth-order valence-corrected chi connectivity index (χ4v) is 4.13. The van der Waals surface area contributed by atoms with Gasteiger partial charge in [-0.25, -0.2) is 0 Å². The van der Waals surface area contributed by atoms with Crippen LogP contribution >= 0.6 is 0 Å². The number of para-hydroxylation sites is 2. The Bertz CT molecular complexity index is 1020. The van der Waals surface area contributed by atoms with Gasteiger partial charge in [-0.05, 0) is 43.4 Å². The summed E-state index contributed by atoms with van der Waals surface area (Å²) in [5.74, 6) is 1.72. The van der Waals surface area contributed by atoms with Crippen molar-refractivity contribution >= 4 is 22.7 Å². The number of hydrogen-bond donors (Lipinski definition) is 0. The van der Waals surface area contributed by atoms with E-state index in [9.17, 15) is 0 Å². The molecule has 0 saturated carbocycles. The summed E-state index contributed by atoms with van der Waals surface area (Å²) in [5.41, 5.74) is 4.82. The molecule has 5 heteroatoms. The summed E-state index contributed by atoms with van der Waals surface area (Å²) in [5, 5.41) is 0. The fraction of sp³-hybridized carbons (Fsp3) is 0.250. The molecule has 1 saturated heterocycles. The van der Waals surface area contributed by atoms with E-state index in [2.05, 4.69) is 94.4 Å². The molecule has 0 N–H and O–H groups in total. The van der Waals surface area contributed by atoms with Crippen LogP contribution in [0.2, 0.25) is 0 Å². The van der Waals surface area contributed by atoms with Crippen molar-refractivity contribution in [3.8, 4) is 11.5 Å². The summed E-state index contributed by atoms with van der Waals surface area (Å²) in [4.78, 5) is 9.28. The smallest absolute Gasteiger partial charge is 0.129 e. The van der Waals surface area contributed by atoms with Gasteiger partial charge in [0.15, 0.2) is 0 Å². The van der Waals surface area contributed by atoms with E-state index < -0.39 is 0 Å². The molecule has 0 spiro atoms. The Hall–Kier alpha value is -3.18. The van der Waals surface area contributed by atoms with Gasteiger partial charge in [-0.2, -0.15) is 0 Å². The Labute approximate surface area is 172 Å². The number of fused-ring (bicyclic) bond motifs is 1. The topological polar surface area (TPSA) is 22.2 Å². The third-order valence-corrected chi connectivity index (χ3v) is 5.65. The monoisotopic (exact) mass is 386 g/mol. The zero-order chi connectivity index (χ0) is 19.8. The SMILES string of the molecule is CN1CCN(c2cccc(Oc3cccc(N4CN(C)c5ccccc54)c3)c2)C1. The maximum atomic E-state index is 6.24. The summed E-state index contributed by atoms with van der Waals surface area (Å²) in [6.45, 7) is 3.94. The van der Waals surface area contributed by atoms with E-state index in [0.717, 1.165) is 43.6 Å². The van der Waals surface area contributed by atoms with Gasteiger partial charge in [0.25, 0.3) is 0 Å². The predicted octanol–water partition coefficient (Wildman–Crippen LogP) is 4.73. The summed E-state index contributed by atoms with van der Waals surface area (Å²) < 4.78 is 6.24. The molecular formula is C24H26N4O. The number of likely N-dealkylation sites (N-methyl/N-ethyl adjacent to an activating group) is 1. The molecule has 0 aliphatic carbocycles. The third-order valence-electron chi connectivity index (χ3n) is 5.65. The zero-order valence-corrected chi connectivity index (χ0v) is 17.0. The maximum Gasteiger partial charge on any atom is 0.129 e. The molecule has 2 aliphatic rings. The standard InChI is InChI=1S/C24H26N4O/c1-25-13-14-27(17-25)19-7-5-9-21(15-19)29-22-10-6-8-20(16-22)28-18-26(2)23-11-3-4-12-24(23)28/h3-12,15-16H,13-14,17-18H2,1-2H3. The molecule has 0 amide bonds. The minimum absolute atomic E-state index is 0.834. The van der Waals surface area contributed by atoms with E-state index in [4.69, 9.17) is 4.74 Å². The van der Waals surface area contributed by atoms with Gasteiger partial charge in [-0.15, -0.1) is 0 Å². The highest BCUT2D eigenvalue weighted by atomic mass is 16.5. The Kier molecular flexibility index (Phi) is 4.52. The first-order chi connectivity index (χ1) is 14.2. The molecule has 2 heterocycles. The van der Waals surface area contributed by atoms with Crippen LogP contribution in [-0.4, -0.2) is 45.4 Å². The minimum Gasteiger partial charge on any atom is -0.457 e. The van der Waals surface area contributed by atoms with E-state index in [-0.39, 0.29) is 0 Å². The Morgan fingerprint density at radius 2 is 1.38 bits per heavy atom. The average molecular weight is 386 g/mol. The number of ether oxygens (including phenoxy) is 1. The Morgan fingerprint density at radius 3 is 2.10 bits per heavy atom. The van der Waals surface area contributed by atoms with Crippen molar-refractivity contribution in [2.24, 2.45) is 0 Å². The second kappa shape index (κ2) is 7.33. The molecule has 1 fully saturated rings. The lowest BCUT2D eigenvalue weighted by atomic mass is 10.2. The van der Waals surface area contributed by atoms with Crippen molar-refractivity contribution in [1.82, 2.24) is 4.90 Å². The third kappa shape index (κ3) is 3.49. The molecule has 0 aromatic heterocycles. The number of benzene rings is 3. The molecule has 0 radical (unpaired) electrons. The molecule has 0 atom stereocenters. The van der Waals surface area contributed by atoms with Gasteiger partial charge in [-0.1, -0.05) is 24.3 Å². The number of anilines is 4. The summed E-state index contributed by atoms with van der Waals surface area (Å²) in [6.07, 6.45) is 0. The second-order valence-corrected chi connectivity index (χ2v) is 7.84. The first kappa shape index (κ1) is 17.9. The molecule has 148 valence electrons. The van der Waals surface area contributed by atoms with E-state index in [0.29, 0.717) is 0 Å². The van der Waals surface area contributed by atoms with Crippen LogP contribution in [0.4, 0.5) is 22.7 Å². The van der Waals surface area contributed by atoms with Gasteiger partial charge >= 0.3 is 0 Å². The molecule has 0 bridgehead atoms. The molecule has 3 aromatic carbocycles. The number of rotatable bonds is 4. The van der Waals surface area contributed by atoms with Crippen molar-refractivity contribution < 1.29 is 4.74 Å². The Morgan fingerprint density at radius 1 is 0.690 bits per heavy atom. The van der Waals surface area contributed by atoms with E-state index in [1.54, 1.807) is 0 Å². The van der Waals surface area contributed by atoms with Gasteiger partial charge in [0, 0.05) is 43.6 Å². The van der Waals surface area contributed by atoms with Gasteiger partial charge in [0.2, 0.25) is 0 Å². The van der Waals surface area contributed by atoms with Crippen LogP contribution in [0, 0.1) is 0 Å².